The van der Waals surface area contributed by atoms with Crippen molar-refractivity contribution in [3.05, 3.63) is 29.8 Å². The van der Waals surface area contributed by atoms with Crippen LogP contribution in [-0.4, -0.2) is 0 Å². The van der Waals surface area contributed by atoms with Crippen LogP contribution in [0.2, 0.25) is 0 Å². The van der Waals surface area contributed by atoms with Gasteiger partial charge < -0.3 is 5.73 Å². The van der Waals surface area contributed by atoms with Gasteiger partial charge in [-0.15, -0.1) is 0 Å². The highest BCUT2D eigenvalue weighted by atomic mass is 14.6. The second-order valence-corrected chi connectivity index (χ2v) is 4.67. The van der Waals surface area contributed by atoms with Crippen molar-refractivity contribution in [3.8, 4) is 0 Å². The molecule has 0 radical (unpaired) electrons. The Kier molecular flexibility index (Phi) is 3.78. The van der Waals surface area contributed by atoms with Gasteiger partial charge in [0, 0.05) is 5.69 Å². The summed E-state index contributed by atoms with van der Waals surface area (Å²) < 4.78 is 0. The first-order valence-corrected chi connectivity index (χ1v) is 5.91. The Morgan fingerprint density at radius 2 is 1.87 bits per heavy atom. The number of para-hydroxylation sites is 1. The summed E-state index contributed by atoms with van der Waals surface area (Å²) in [5.41, 5.74) is 8.52. The number of benzene rings is 1. The smallest absolute Gasteiger partial charge is 0.0352 e. The largest absolute Gasteiger partial charge is 0.398 e. The van der Waals surface area contributed by atoms with Gasteiger partial charge >= 0.3 is 0 Å². The zero-order chi connectivity index (χ0) is 11.5. The Morgan fingerprint density at radius 1 is 1.27 bits per heavy atom. The van der Waals surface area contributed by atoms with Crippen LogP contribution in [0.5, 0.6) is 0 Å². The molecule has 15 heavy (non-hydrogen) atoms. The van der Waals surface area contributed by atoms with Crippen molar-refractivity contribution in [2.75, 3.05) is 5.73 Å². The van der Waals surface area contributed by atoms with Crippen molar-refractivity contribution in [2.24, 2.45) is 5.92 Å². The highest BCUT2D eigenvalue weighted by Crippen LogP contribution is 2.39. The van der Waals surface area contributed by atoms with Gasteiger partial charge in [0.15, 0.2) is 0 Å². The summed E-state index contributed by atoms with van der Waals surface area (Å²) in [7, 11) is 0. The minimum absolute atomic E-state index is 0.208. The van der Waals surface area contributed by atoms with Gasteiger partial charge in [-0.25, -0.2) is 0 Å². The van der Waals surface area contributed by atoms with Crippen molar-refractivity contribution >= 4 is 5.69 Å². The fraction of sp³-hybridized carbons (Fsp3) is 0.571. The first-order valence-electron chi connectivity index (χ1n) is 5.91. The van der Waals surface area contributed by atoms with Crippen LogP contribution < -0.4 is 5.73 Å². The van der Waals surface area contributed by atoms with E-state index in [1.165, 1.54) is 12.0 Å². The van der Waals surface area contributed by atoms with Crippen LogP contribution in [0.4, 0.5) is 5.69 Å². The molecule has 0 heterocycles. The number of rotatable bonds is 4. The molecule has 0 amide bonds. The van der Waals surface area contributed by atoms with E-state index in [-0.39, 0.29) is 5.41 Å². The number of nitrogen functional groups attached to an aromatic ring is 1. The van der Waals surface area contributed by atoms with Crippen LogP contribution in [-0.2, 0) is 5.41 Å². The zero-order valence-corrected chi connectivity index (χ0v) is 10.4. The Balaban J connectivity index is 3.17. The maximum Gasteiger partial charge on any atom is 0.0352 e. The van der Waals surface area contributed by atoms with Crippen LogP contribution in [0.3, 0.4) is 0 Å². The lowest BCUT2D eigenvalue weighted by Crippen LogP contribution is -2.30. The SMILES string of the molecule is CCC(C)C(C)(CC)c1ccccc1N. The standard InChI is InChI=1S/C14H23N/c1-5-11(3)14(4,6-2)12-9-7-8-10-13(12)15/h7-11H,5-6,15H2,1-4H3. The fourth-order valence-electron chi connectivity index (χ4n) is 2.27. The molecule has 0 fully saturated rings. The molecule has 0 aromatic heterocycles. The normalized spacial score (nSPS) is 17.1. The van der Waals surface area contributed by atoms with Gasteiger partial charge in [0.1, 0.15) is 0 Å². The second-order valence-electron chi connectivity index (χ2n) is 4.67. The molecule has 0 aliphatic heterocycles. The number of nitrogens with two attached hydrogens (primary N) is 1. The monoisotopic (exact) mass is 205 g/mol. The van der Waals surface area contributed by atoms with Crippen molar-refractivity contribution in [1.29, 1.82) is 0 Å². The molecule has 2 unspecified atom stereocenters. The predicted molar refractivity (Wildman–Crippen MR) is 68.0 cm³/mol. The molecule has 2 atom stereocenters. The molecule has 0 bridgehead atoms. The van der Waals surface area contributed by atoms with Crippen LogP contribution in [0.25, 0.3) is 0 Å². The highest BCUT2D eigenvalue weighted by molar-refractivity contribution is 5.50. The molecule has 1 nitrogen and oxygen atoms in total. The quantitative estimate of drug-likeness (QED) is 0.739. The lowest BCUT2D eigenvalue weighted by Gasteiger charge is -2.36. The first-order chi connectivity index (χ1) is 7.06. The van der Waals surface area contributed by atoms with Gasteiger partial charge in [-0.05, 0) is 29.4 Å². The third kappa shape index (κ3) is 2.17. The Hall–Kier alpha value is -0.980. The van der Waals surface area contributed by atoms with Crippen molar-refractivity contribution in [1.82, 2.24) is 0 Å². The first kappa shape index (κ1) is 12.1. The average Bonchev–Trinajstić information content (AvgIpc) is 2.27. The molecule has 0 saturated heterocycles. The topological polar surface area (TPSA) is 26.0 Å². The van der Waals surface area contributed by atoms with E-state index in [2.05, 4.69) is 39.8 Å². The Bertz CT molecular complexity index is 319. The molecular formula is C14H23N. The van der Waals surface area contributed by atoms with Gasteiger partial charge in [0.2, 0.25) is 0 Å². The van der Waals surface area contributed by atoms with E-state index in [1.54, 1.807) is 0 Å². The van der Waals surface area contributed by atoms with E-state index in [4.69, 9.17) is 5.73 Å². The molecule has 2 N–H and O–H groups in total. The summed E-state index contributed by atoms with van der Waals surface area (Å²) in [6, 6.07) is 8.27. The second kappa shape index (κ2) is 4.69. The minimum Gasteiger partial charge on any atom is -0.398 e. The van der Waals surface area contributed by atoms with Crippen LogP contribution in [0, 0.1) is 5.92 Å². The number of anilines is 1. The average molecular weight is 205 g/mol. The minimum atomic E-state index is 0.208. The van der Waals surface area contributed by atoms with E-state index >= 15 is 0 Å². The van der Waals surface area contributed by atoms with Crippen LogP contribution >= 0.6 is 0 Å². The van der Waals surface area contributed by atoms with Gasteiger partial charge in [-0.2, -0.15) is 0 Å². The van der Waals surface area contributed by atoms with Crippen molar-refractivity contribution < 1.29 is 0 Å². The molecule has 1 rings (SSSR count). The summed E-state index contributed by atoms with van der Waals surface area (Å²) in [6.07, 6.45) is 2.33. The Labute approximate surface area is 93.7 Å². The molecule has 1 aromatic rings. The zero-order valence-electron chi connectivity index (χ0n) is 10.4. The summed E-state index contributed by atoms with van der Waals surface area (Å²) in [6.45, 7) is 9.14. The van der Waals surface area contributed by atoms with E-state index in [1.807, 2.05) is 12.1 Å². The van der Waals surface area contributed by atoms with E-state index < -0.39 is 0 Å². The third-order valence-electron chi connectivity index (χ3n) is 4.01. The molecule has 0 saturated carbocycles. The summed E-state index contributed by atoms with van der Waals surface area (Å²) in [5, 5.41) is 0. The van der Waals surface area contributed by atoms with Crippen LogP contribution in [0.1, 0.15) is 46.1 Å². The highest BCUT2D eigenvalue weighted by Gasteiger charge is 2.31. The summed E-state index contributed by atoms with van der Waals surface area (Å²) >= 11 is 0. The number of hydrogen-bond acceptors (Lipinski definition) is 1. The fourth-order valence-corrected chi connectivity index (χ4v) is 2.27. The maximum atomic E-state index is 6.07. The van der Waals surface area contributed by atoms with E-state index in [0.717, 1.165) is 12.1 Å². The summed E-state index contributed by atoms with van der Waals surface area (Å²) in [5.74, 6) is 0.659. The van der Waals surface area contributed by atoms with Gasteiger partial charge in [0.05, 0.1) is 0 Å². The van der Waals surface area contributed by atoms with E-state index in [0.29, 0.717) is 5.92 Å². The van der Waals surface area contributed by atoms with Crippen molar-refractivity contribution in [3.63, 3.8) is 0 Å². The van der Waals surface area contributed by atoms with E-state index in [9.17, 15) is 0 Å². The predicted octanol–water partition coefficient (Wildman–Crippen LogP) is 3.98. The number of hydrogen-bond donors (Lipinski definition) is 1. The lowest BCUT2D eigenvalue weighted by atomic mass is 9.69. The molecule has 84 valence electrons. The molecule has 0 aliphatic carbocycles. The molecular weight excluding hydrogens is 182 g/mol. The molecule has 1 aromatic carbocycles. The van der Waals surface area contributed by atoms with Gasteiger partial charge in [-0.1, -0.05) is 52.3 Å². The van der Waals surface area contributed by atoms with Crippen molar-refractivity contribution in [2.45, 2.75) is 46.0 Å². The Morgan fingerprint density at radius 3 is 2.33 bits per heavy atom. The van der Waals surface area contributed by atoms with Gasteiger partial charge in [-0.3, -0.25) is 0 Å². The molecule has 1 heteroatoms. The van der Waals surface area contributed by atoms with Gasteiger partial charge in [0.25, 0.3) is 0 Å². The molecule has 0 spiro atoms. The lowest BCUT2D eigenvalue weighted by molar-refractivity contribution is 0.296. The molecule has 0 aliphatic rings. The van der Waals surface area contributed by atoms with Crippen LogP contribution in [0.15, 0.2) is 24.3 Å². The maximum absolute atomic E-state index is 6.07. The summed E-state index contributed by atoms with van der Waals surface area (Å²) in [4.78, 5) is 0. The third-order valence-corrected chi connectivity index (χ3v) is 4.01.